The molecule has 0 bridgehead atoms. The van der Waals surface area contributed by atoms with E-state index in [1.54, 1.807) is 0 Å². The number of nitrogens with one attached hydrogen (secondary N) is 1. The lowest BCUT2D eigenvalue weighted by molar-refractivity contribution is 0.166. The van der Waals surface area contributed by atoms with E-state index in [0.717, 1.165) is 11.8 Å². The third-order valence-electron chi connectivity index (χ3n) is 2.99. The van der Waals surface area contributed by atoms with Crippen LogP contribution in [-0.2, 0) is 0 Å². The average Bonchev–Trinajstić information content (AvgIpc) is 2.05. The van der Waals surface area contributed by atoms with Gasteiger partial charge in [0.25, 0.3) is 0 Å². The molecule has 72 valence electrons. The van der Waals surface area contributed by atoms with E-state index in [4.69, 9.17) is 0 Å². The topological polar surface area (TPSA) is 15.3 Å². The third-order valence-corrected chi connectivity index (χ3v) is 2.99. The first-order valence-corrected chi connectivity index (χ1v) is 5.07. The highest BCUT2D eigenvalue weighted by atomic mass is 15.1. The largest absolute Gasteiger partial charge is 0.319 e. The standard InChI is InChI=1S/C10H22N2/c1-9(7-11-2)10-5-4-6-12(3)8-10/h9-11H,4-8H2,1-3H3. The van der Waals surface area contributed by atoms with Crippen LogP contribution in [-0.4, -0.2) is 38.6 Å². The predicted octanol–water partition coefficient (Wildman–Crippen LogP) is 1.18. The van der Waals surface area contributed by atoms with E-state index in [1.807, 2.05) is 7.05 Å². The third kappa shape index (κ3) is 2.76. The van der Waals surface area contributed by atoms with Crippen LogP contribution in [0.3, 0.4) is 0 Å². The van der Waals surface area contributed by atoms with Crippen molar-refractivity contribution in [3.05, 3.63) is 0 Å². The minimum Gasteiger partial charge on any atom is -0.319 e. The van der Waals surface area contributed by atoms with Crippen molar-refractivity contribution in [1.82, 2.24) is 10.2 Å². The molecule has 1 aliphatic rings. The van der Waals surface area contributed by atoms with E-state index in [2.05, 4.69) is 24.2 Å². The molecule has 1 heterocycles. The van der Waals surface area contributed by atoms with Gasteiger partial charge >= 0.3 is 0 Å². The van der Waals surface area contributed by atoms with Gasteiger partial charge in [-0.3, -0.25) is 0 Å². The van der Waals surface area contributed by atoms with Crippen LogP contribution in [0, 0.1) is 11.8 Å². The van der Waals surface area contributed by atoms with Gasteiger partial charge in [-0.2, -0.15) is 0 Å². The van der Waals surface area contributed by atoms with E-state index in [-0.39, 0.29) is 0 Å². The monoisotopic (exact) mass is 170 g/mol. The quantitative estimate of drug-likeness (QED) is 0.684. The van der Waals surface area contributed by atoms with Gasteiger partial charge in [-0.25, -0.2) is 0 Å². The van der Waals surface area contributed by atoms with Crippen molar-refractivity contribution >= 4 is 0 Å². The second kappa shape index (κ2) is 4.83. The molecule has 2 atom stereocenters. The Labute approximate surface area is 76.3 Å². The number of rotatable bonds is 3. The Kier molecular flexibility index (Phi) is 4.02. The summed E-state index contributed by atoms with van der Waals surface area (Å²) in [7, 11) is 4.28. The van der Waals surface area contributed by atoms with Crippen LogP contribution in [0.1, 0.15) is 19.8 Å². The van der Waals surface area contributed by atoms with Gasteiger partial charge in [0.1, 0.15) is 0 Å². The lowest BCUT2D eigenvalue weighted by atomic mass is 9.87. The molecule has 2 unspecified atom stereocenters. The highest BCUT2D eigenvalue weighted by Crippen LogP contribution is 2.22. The molecule has 0 spiro atoms. The zero-order chi connectivity index (χ0) is 8.97. The van der Waals surface area contributed by atoms with Crippen LogP contribution in [0.15, 0.2) is 0 Å². The fraction of sp³-hybridized carbons (Fsp3) is 1.00. The second-order valence-corrected chi connectivity index (χ2v) is 4.20. The van der Waals surface area contributed by atoms with E-state index in [0.29, 0.717) is 0 Å². The molecular formula is C10H22N2. The summed E-state index contributed by atoms with van der Waals surface area (Å²) in [6, 6.07) is 0. The number of likely N-dealkylation sites (tertiary alicyclic amines) is 1. The molecule has 0 saturated carbocycles. The van der Waals surface area contributed by atoms with Crippen molar-refractivity contribution in [2.24, 2.45) is 11.8 Å². The highest BCUT2D eigenvalue weighted by molar-refractivity contribution is 4.75. The maximum atomic E-state index is 3.26. The van der Waals surface area contributed by atoms with Crippen LogP contribution in [0.25, 0.3) is 0 Å². The minimum absolute atomic E-state index is 0.831. The van der Waals surface area contributed by atoms with Gasteiger partial charge in [0.05, 0.1) is 0 Å². The first-order chi connectivity index (χ1) is 5.74. The maximum absolute atomic E-state index is 3.26. The number of hydrogen-bond donors (Lipinski definition) is 1. The Morgan fingerprint density at radius 2 is 2.33 bits per heavy atom. The van der Waals surface area contributed by atoms with Crippen LogP contribution >= 0.6 is 0 Å². The molecule has 0 amide bonds. The van der Waals surface area contributed by atoms with Gasteiger partial charge in [0, 0.05) is 6.54 Å². The smallest absolute Gasteiger partial charge is 0.000964 e. The van der Waals surface area contributed by atoms with E-state index in [9.17, 15) is 0 Å². The number of nitrogens with zero attached hydrogens (tertiary/aromatic N) is 1. The molecule has 1 fully saturated rings. The first-order valence-electron chi connectivity index (χ1n) is 5.07. The molecule has 0 aromatic carbocycles. The van der Waals surface area contributed by atoms with Crippen LogP contribution in [0.2, 0.25) is 0 Å². The van der Waals surface area contributed by atoms with Crippen molar-refractivity contribution < 1.29 is 0 Å². The van der Waals surface area contributed by atoms with Crippen molar-refractivity contribution in [3.63, 3.8) is 0 Å². The summed E-state index contributed by atoms with van der Waals surface area (Å²) >= 11 is 0. The first kappa shape index (κ1) is 10.0. The van der Waals surface area contributed by atoms with Crippen molar-refractivity contribution in [1.29, 1.82) is 0 Å². The molecule has 0 radical (unpaired) electrons. The van der Waals surface area contributed by atoms with Crippen molar-refractivity contribution in [2.45, 2.75) is 19.8 Å². The van der Waals surface area contributed by atoms with Gasteiger partial charge in [-0.15, -0.1) is 0 Å². The Morgan fingerprint density at radius 3 is 2.92 bits per heavy atom. The van der Waals surface area contributed by atoms with Crippen LogP contribution in [0.5, 0.6) is 0 Å². The summed E-state index contributed by atoms with van der Waals surface area (Å²) in [6.07, 6.45) is 2.81. The van der Waals surface area contributed by atoms with Gasteiger partial charge in [0.2, 0.25) is 0 Å². The van der Waals surface area contributed by atoms with Crippen LogP contribution < -0.4 is 5.32 Å². The maximum Gasteiger partial charge on any atom is 0.000964 e. The molecule has 2 heteroatoms. The molecule has 12 heavy (non-hydrogen) atoms. The normalized spacial score (nSPS) is 28.8. The lowest BCUT2D eigenvalue weighted by Gasteiger charge is -2.33. The summed E-state index contributed by atoms with van der Waals surface area (Å²) in [4.78, 5) is 2.46. The molecule has 0 aromatic rings. The Hall–Kier alpha value is -0.0800. The van der Waals surface area contributed by atoms with E-state index < -0.39 is 0 Å². The summed E-state index contributed by atoms with van der Waals surface area (Å²) in [5, 5.41) is 3.26. The van der Waals surface area contributed by atoms with E-state index in [1.165, 1.54) is 32.5 Å². The van der Waals surface area contributed by atoms with Crippen molar-refractivity contribution in [2.75, 3.05) is 33.7 Å². The Balaban J connectivity index is 2.29. The second-order valence-electron chi connectivity index (χ2n) is 4.20. The summed E-state index contributed by atoms with van der Waals surface area (Å²) in [6.45, 7) is 6.12. The molecule has 1 saturated heterocycles. The molecule has 1 rings (SSSR count). The Bertz CT molecular complexity index is 125. The molecular weight excluding hydrogens is 148 g/mol. The molecule has 1 N–H and O–H groups in total. The van der Waals surface area contributed by atoms with Gasteiger partial charge in [-0.1, -0.05) is 6.92 Å². The SMILES string of the molecule is CNCC(C)C1CCCN(C)C1. The summed E-state index contributed by atoms with van der Waals surface area (Å²) in [5.74, 6) is 1.74. The van der Waals surface area contributed by atoms with Crippen molar-refractivity contribution in [3.8, 4) is 0 Å². The minimum atomic E-state index is 0.831. The summed E-state index contributed by atoms with van der Waals surface area (Å²) < 4.78 is 0. The fourth-order valence-electron chi connectivity index (χ4n) is 2.16. The number of hydrogen-bond acceptors (Lipinski definition) is 2. The fourth-order valence-corrected chi connectivity index (χ4v) is 2.16. The molecule has 2 nitrogen and oxygen atoms in total. The van der Waals surface area contributed by atoms with E-state index >= 15 is 0 Å². The van der Waals surface area contributed by atoms with Gasteiger partial charge < -0.3 is 10.2 Å². The van der Waals surface area contributed by atoms with Gasteiger partial charge in [0.15, 0.2) is 0 Å². The zero-order valence-electron chi connectivity index (χ0n) is 8.64. The molecule has 0 aliphatic carbocycles. The zero-order valence-corrected chi connectivity index (χ0v) is 8.64. The molecule has 1 aliphatic heterocycles. The predicted molar refractivity (Wildman–Crippen MR) is 53.3 cm³/mol. The lowest BCUT2D eigenvalue weighted by Crippen LogP contribution is -2.37. The Morgan fingerprint density at radius 1 is 1.58 bits per heavy atom. The van der Waals surface area contributed by atoms with Crippen LogP contribution in [0.4, 0.5) is 0 Å². The van der Waals surface area contributed by atoms with Gasteiger partial charge in [-0.05, 0) is 51.9 Å². The summed E-state index contributed by atoms with van der Waals surface area (Å²) in [5.41, 5.74) is 0. The average molecular weight is 170 g/mol. The molecule has 0 aromatic heterocycles. The highest BCUT2D eigenvalue weighted by Gasteiger charge is 2.21. The number of piperidine rings is 1.